The zero-order valence-electron chi connectivity index (χ0n) is 24.2. The molecule has 0 radical (unpaired) electrons. The van der Waals surface area contributed by atoms with E-state index in [4.69, 9.17) is 11.4 Å². The predicted octanol–water partition coefficient (Wildman–Crippen LogP) is 3.42. The average Bonchev–Trinajstić information content (AvgIpc) is 3.61. The monoisotopic (exact) mass is 624 g/mol. The molecule has 2 N–H and O–H groups in total. The highest BCUT2D eigenvalue weighted by atomic mass is 32.2. The number of rotatable bonds is 9. The van der Waals surface area contributed by atoms with Crippen molar-refractivity contribution in [3.05, 3.63) is 63.0 Å². The fourth-order valence-corrected chi connectivity index (χ4v) is 6.86. The number of nitrogens with zero attached hydrogens (tertiary/aromatic N) is 5. The van der Waals surface area contributed by atoms with Gasteiger partial charge >= 0.3 is 12.0 Å². The molecule has 1 aromatic heterocycles. The van der Waals surface area contributed by atoms with Gasteiger partial charge in [0.05, 0.1) is 17.0 Å². The van der Waals surface area contributed by atoms with Gasteiger partial charge in [0.25, 0.3) is 0 Å². The fraction of sp³-hybridized carbons (Fsp3) is 0.433. The van der Waals surface area contributed by atoms with Gasteiger partial charge in [0.2, 0.25) is 5.12 Å². The topological polar surface area (TPSA) is 118 Å². The van der Waals surface area contributed by atoms with Gasteiger partial charge in [-0.25, -0.2) is 14.2 Å². The number of amidine groups is 1. The molecule has 2 aromatic rings. The number of carboxylic acid groups (broad SMARTS) is 1. The number of hydrogen-bond donors (Lipinski definition) is 2. The second-order valence-electron chi connectivity index (χ2n) is 11.3. The first-order chi connectivity index (χ1) is 20.5. The zero-order chi connectivity index (χ0) is 30.9. The van der Waals surface area contributed by atoms with Gasteiger partial charge in [-0.15, -0.1) is 17.8 Å². The Labute approximate surface area is 258 Å². The Bertz CT molecular complexity index is 1530. The van der Waals surface area contributed by atoms with Crippen LogP contribution >= 0.6 is 23.1 Å². The molecule has 43 heavy (non-hydrogen) atoms. The van der Waals surface area contributed by atoms with Crippen LogP contribution in [0.4, 0.5) is 9.18 Å². The zero-order valence-corrected chi connectivity index (χ0v) is 25.8. The number of carboxylic acids is 1. The first kappa shape index (κ1) is 30.7. The first-order valence-corrected chi connectivity index (χ1v) is 15.8. The number of aliphatic carboxylic acids is 1. The van der Waals surface area contributed by atoms with Crippen molar-refractivity contribution in [2.75, 3.05) is 45.0 Å². The number of halogens is 1. The summed E-state index contributed by atoms with van der Waals surface area (Å²) < 4.78 is 14.2. The van der Waals surface area contributed by atoms with Crippen LogP contribution in [0.15, 0.2) is 46.0 Å². The number of carbonyl (C=O) groups is 3. The lowest BCUT2D eigenvalue weighted by Crippen LogP contribution is -2.53. The molecular weight excluding hydrogens is 592 g/mol. The van der Waals surface area contributed by atoms with Crippen LogP contribution in [-0.4, -0.2) is 98.8 Å². The molecule has 2 atom stereocenters. The van der Waals surface area contributed by atoms with Crippen molar-refractivity contribution < 1.29 is 23.9 Å². The molecule has 0 unspecified atom stereocenters. The van der Waals surface area contributed by atoms with Crippen molar-refractivity contribution in [2.24, 2.45) is 10.4 Å². The summed E-state index contributed by atoms with van der Waals surface area (Å²) in [5, 5.41) is 15.3. The Hall–Kier alpha value is -3.73. The summed E-state index contributed by atoms with van der Waals surface area (Å²) in [6, 6.07) is 3.14. The van der Waals surface area contributed by atoms with Crippen LogP contribution in [0, 0.1) is 23.6 Å². The Morgan fingerprint density at radius 1 is 1.30 bits per heavy atom. The normalized spacial score (nSPS) is 20.9. The maximum atomic E-state index is 14.2. The van der Waals surface area contributed by atoms with Gasteiger partial charge in [0.1, 0.15) is 11.9 Å². The number of urea groups is 1. The van der Waals surface area contributed by atoms with Gasteiger partial charge in [0, 0.05) is 62.1 Å². The van der Waals surface area contributed by atoms with Crippen LogP contribution in [-0.2, 0) is 9.59 Å². The van der Waals surface area contributed by atoms with E-state index in [9.17, 15) is 23.9 Å². The number of thiazole rings is 1. The van der Waals surface area contributed by atoms with Crippen molar-refractivity contribution in [3.8, 4) is 12.3 Å². The fourth-order valence-electron chi connectivity index (χ4n) is 5.62. The van der Waals surface area contributed by atoms with Gasteiger partial charge < -0.3 is 20.2 Å². The largest absolute Gasteiger partial charge is 0.481 e. The summed E-state index contributed by atoms with van der Waals surface area (Å²) in [6.07, 6.45) is 7.45. The quantitative estimate of drug-likeness (QED) is 0.408. The summed E-state index contributed by atoms with van der Waals surface area (Å²) in [4.78, 5) is 53.4. The highest BCUT2D eigenvalue weighted by Gasteiger charge is 2.44. The molecule has 0 bridgehead atoms. The van der Waals surface area contributed by atoms with E-state index in [1.807, 2.05) is 12.3 Å². The minimum absolute atomic E-state index is 0.118. The Kier molecular flexibility index (Phi) is 8.91. The summed E-state index contributed by atoms with van der Waals surface area (Å²) in [7, 11) is 0. The number of piperazine rings is 1. The second-order valence-corrected chi connectivity index (χ2v) is 13.4. The van der Waals surface area contributed by atoms with Crippen LogP contribution in [0.3, 0.4) is 0 Å². The van der Waals surface area contributed by atoms with Crippen LogP contribution in [0.5, 0.6) is 0 Å². The van der Waals surface area contributed by atoms with Gasteiger partial charge in [-0.2, -0.15) is 0 Å². The molecule has 2 saturated heterocycles. The lowest BCUT2D eigenvalue weighted by Gasteiger charge is -2.38. The molecule has 2 amide bonds. The SMILES string of the molecule is C#Cc1cc(F)ccc1[C@@H]1N=C(c2nccs2)NC(CN2CCN3C(=O)N(CC(C)(C)C(=O)O)C[C@@H]3C2)=C1C(=O)SCC. The first-order valence-electron chi connectivity index (χ1n) is 13.9. The number of hydrogen-bond acceptors (Lipinski definition) is 9. The number of fused-ring (bicyclic) bond motifs is 1. The summed E-state index contributed by atoms with van der Waals surface area (Å²) in [5.74, 6) is 2.18. The Morgan fingerprint density at radius 3 is 2.77 bits per heavy atom. The van der Waals surface area contributed by atoms with E-state index in [0.29, 0.717) is 71.7 Å². The third-order valence-electron chi connectivity index (χ3n) is 7.78. The molecule has 226 valence electrons. The lowest BCUT2D eigenvalue weighted by molar-refractivity contribution is -0.147. The highest BCUT2D eigenvalue weighted by Crippen LogP contribution is 2.37. The van der Waals surface area contributed by atoms with Crippen molar-refractivity contribution in [1.29, 1.82) is 0 Å². The molecule has 3 aliphatic heterocycles. The molecule has 2 fully saturated rings. The van der Waals surface area contributed by atoms with Crippen LogP contribution in [0.25, 0.3) is 0 Å². The van der Waals surface area contributed by atoms with Gasteiger partial charge in [-0.05, 0) is 37.3 Å². The Morgan fingerprint density at radius 2 is 2.09 bits per heavy atom. The molecule has 4 heterocycles. The third kappa shape index (κ3) is 6.32. The van der Waals surface area contributed by atoms with E-state index < -0.39 is 23.2 Å². The van der Waals surface area contributed by atoms with Crippen LogP contribution < -0.4 is 5.32 Å². The molecule has 0 aliphatic carbocycles. The van der Waals surface area contributed by atoms with E-state index in [0.717, 1.165) is 0 Å². The lowest BCUT2D eigenvalue weighted by atomic mass is 9.92. The smallest absolute Gasteiger partial charge is 0.320 e. The number of aliphatic imine (C=N–C) groups is 1. The summed E-state index contributed by atoms with van der Waals surface area (Å²) in [6.45, 7) is 7.63. The van der Waals surface area contributed by atoms with Crippen molar-refractivity contribution in [3.63, 3.8) is 0 Å². The van der Waals surface area contributed by atoms with Crippen molar-refractivity contribution >= 4 is 46.0 Å². The van der Waals surface area contributed by atoms with Gasteiger partial charge in [-0.3, -0.25) is 19.5 Å². The molecule has 5 rings (SSSR count). The van der Waals surface area contributed by atoms with Crippen LogP contribution in [0.1, 0.15) is 42.9 Å². The Balaban J connectivity index is 1.47. The number of thioether (sulfide) groups is 1. The number of benzene rings is 1. The molecule has 0 spiro atoms. The number of aromatic nitrogens is 1. The summed E-state index contributed by atoms with van der Waals surface area (Å²) >= 11 is 2.57. The summed E-state index contributed by atoms with van der Waals surface area (Å²) in [5.41, 5.74) is 0.920. The van der Waals surface area contributed by atoms with Crippen LogP contribution in [0.2, 0.25) is 0 Å². The molecule has 3 aliphatic rings. The van der Waals surface area contributed by atoms with E-state index in [-0.39, 0.29) is 23.7 Å². The molecular formula is C30H33FN6O4S2. The van der Waals surface area contributed by atoms with Gasteiger partial charge in [-0.1, -0.05) is 30.7 Å². The molecule has 10 nitrogen and oxygen atoms in total. The highest BCUT2D eigenvalue weighted by molar-refractivity contribution is 8.14. The molecule has 0 saturated carbocycles. The van der Waals surface area contributed by atoms with E-state index in [1.54, 1.807) is 35.9 Å². The molecule has 13 heteroatoms. The van der Waals surface area contributed by atoms with Gasteiger partial charge in [0.15, 0.2) is 10.8 Å². The predicted molar refractivity (Wildman–Crippen MR) is 164 cm³/mol. The minimum atomic E-state index is -1.06. The number of carbonyl (C=O) groups excluding carboxylic acids is 2. The van der Waals surface area contributed by atoms with Crippen molar-refractivity contribution in [1.82, 2.24) is 25.0 Å². The minimum Gasteiger partial charge on any atom is -0.481 e. The van der Waals surface area contributed by atoms with E-state index in [1.165, 1.54) is 35.2 Å². The maximum absolute atomic E-state index is 14.2. The van der Waals surface area contributed by atoms with Crippen molar-refractivity contribution in [2.45, 2.75) is 32.9 Å². The van der Waals surface area contributed by atoms with E-state index >= 15 is 0 Å². The number of nitrogens with one attached hydrogen (secondary N) is 1. The second kappa shape index (κ2) is 12.5. The maximum Gasteiger partial charge on any atom is 0.320 e. The standard InChI is InChI=1S/C30H33FN6O4S2/c1-5-18-13-19(31)7-8-21(18)24-23(27(38)42-6-2)22(33-25(34-24)26-32-9-12-43-26)16-35-10-11-37-20(14-35)15-36(29(37)41)17-30(3,4)28(39)40/h1,7-9,12-13,20,24H,6,10-11,14-17H2,2-4H3,(H,33,34)(H,39,40)/t20-,24-/m0/s1. The number of amides is 2. The van der Waals surface area contributed by atoms with E-state index in [2.05, 4.69) is 21.1 Å². The number of terminal acetylenes is 1. The average molecular weight is 625 g/mol. The third-order valence-corrected chi connectivity index (χ3v) is 9.33. The molecule has 1 aromatic carbocycles.